The molecule has 1 aliphatic rings. The number of fused-ring (bicyclic) bond motifs is 1. The number of aromatic nitrogens is 1. The molecule has 36 heavy (non-hydrogen) atoms. The second-order valence-corrected chi connectivity index (χ2v) is 10.7. The minimum absolute atomic E-state index is 0.0310. The minimum atomic E-state index is -0.688. The monoisotopic (exact) mass is 500 g/mol. The fraction of sp³-hybridized carbons (Fsp3) is 0.310. The van der Waals surface area contributed by atoms with Crippen LogP contribution in [0.2, 0.25) is 0 Å². The molecule has 5 rings (SSSR count). The van der Waals surface area contributed by atoms with E-state index in [0.29, 0.717) is 18.7 Å². The molecule has 0 bridgehead atoms. The van der Waals surface area contributed by atoms with Crippen LogP contribution in [0.15, 0.2) is 78.3 Å². The summed E-state index contributed by atoms with van der Waals surface area (Å²) >= 11 is 1.78. The van der Waals surface area contributed by atoms with Crippen LogP contribution >= 0.6 is 11.3 Å². The summed E-state index contributed by atoms with van der Waals surface area (Å²) in [6.45, 7) is 1.30. The highest BCUT2D eigenvalue weighted by Crippen LogP contribution is 2.40. The van der Waals surface area contributed by atoms with Gasteiger partial charge in [-0.25, -0.2) is 0 Å². The lowest BCUT2D eigenvalue weighted by Crippen LogP contribution is -2.53. The van der Waals surface area contributed by atoms with Crippen molar-refractivity contribution in [3.63, 3.8) is 0 Å². The van der Waals surface area contributed by atoms with Crippen molar-refractivity contribution in [1.29, 1.82) is 0 Å². The van der Waals surface area contributed by atoms with Crippen molar-refractivity contribution in [1.82, 2.24) is 19.7 Å². The Morgan fingerprint density at radius 1 is 0.972 bits per heavy atom. The van der Waals surface area contributed by atoms with E-state index in [2.05, 4.69) is 41.5 Å². The highest BCUT2D eigenvalue weighted by Gasteiger charge is 2.42. The Bertz CT molecular complexity index is 1340. The van der Waals surface area contributed by atoms with Gasteiger partial charge in [0.2, 0.25) is 5.91 Å². The number of carbonyl (C=O) groups is 2. The molecule has 3 heterocycles. The van der Waals surface area contributed by atoms with Gasteiger partial charge in [-0.3, -0.25) is 14.5 Å². The Hall–Kier alpha value is -3.42. The quantitative estimate of drug-likeness (QED) is 0.400. The average Bonchev–Trinajstić information content (AvgIpc) is 3.61. The van der Waals surface area contributed by atoms with Crippen molar-refractivity contribution in [2.75, 3.05) is 34.2 Å². The molecular weight excluding hydrogens is 468 g/mol. The first-order valence-electron chi connectivity index (χ1n) is 12.3. The first-order valence-corrected chi connectivity index (χ1v) is 13.2. The topological polar surface area (TPSA) is 59.7 Å². The number of carbonyl (C=O) groups excluding carboxylic acids is 2. The van der Waals surface area contributed by atoms with Gasteiger partial charge in [0.25, 0.3) is 5.91 Å². The number of piperidine rings is 1. The lowest BCUT2D eigenvalue weighted by Gasteiger charge is -2.46. The van der Waals surface area contributed by atoms with Crippen molar-refractivity contribution in [3.8, 4) is 0 Å². The van der Waals surface area contributed by atoms with Gasteiger partial charge < -0.3 is 14.8 Å². The van der Waals surface area contributed by atoms with E-state index >= 15 is 0 Å². The molecule has 1 unspecified atom stereocenters. The first-order chi connectivity index (χ1) is 17.4. The number of nitrogens with zero attached hydrogens (tertiary/aromatic N) is 3. The molecule has 0 spiro atoms. The first kappa shape index (κ1) is 24.3. The maximum atomic E-state index is 14.0. The van der Waals surface area contributed by atoms with Crippen LogP contribution < -0.4 is 0 Å². The molecule has 7 heteroatoms. The number of hydrogen-bond donors (Lipinski definition) is 1. The van der Waals surface area contributed by atoms with Crippen LogP contribution in [-0.4, -0.2) is 65.7 Å². The van der Waals surface area contributed by atoms with Crippen LogP contribution in [-0.2, 0) is 10.3 Å². The van der Waals surface area contributed by atoms with Gasteiger partial charge in [-0.05, 0) is 67.5 Å². The smallest absolute Gasteiger partial charge is 0.254 e. The van der Waals surface area contributed by atoms with Gasteiger partial charge in [0.05, 0.1) is 5.54 Å². The van der Waals surface area contributed by atoms with Crippen LogP contribution in [0.1, 0.15) is 39.7 Å². The van der Waals surface area contributed by atoms with Gasteiger partial charge in [-0.15, -0.1) is 11.3 Å². The third kappa shape index (κ3) is 4.33. The number of likely N-dealkylation sites (N-methyl/N-ethyl adjacent to an activating group) is 1. The normalized spacial score (nSPS) is 16.3. The number of hydrogen-bond acceptors (Lipinski definition) is 4. The van der Waals surface area contributed by atoms with E-state index in [1.165, 1.54) is 4.88 Å². The summed E-state index contributed by atoms with van der Waals surface area (Å²) < 4.78 is 0. The summed E-state index contributed by atoms with van der Waals surface area (Å²) in [4.78, 5) is 38.0. The van der Waals surface area contributed by atoms with Crippen LogP contribution in [0, 0.1) is 0 Å². The Morgan fingerprint density at radius 2 is 1.72 bits per heavy atom. The predicted octanol–water partition coefficient (Wildman–Crippen LogP) is 5.12. The summed E-state index contributed by atoms with van der Waals surface area (Å²) in [6.07, 6.45) is 3.57. The number of aromatic amines is 1. The van der Waals surface area contributed by atoms with Crippen molar-refractivity contribution >= 4 is 34.1 Å². The van der Waals surface area contributed by atoms with Gasteiger partial charge in [0.15, 0.2) is 0 Å². The van der Waals surface area contributed by atoms with Gasteiger partial charge >= 0.3 is 0 Å². The average molecular weight is 501 g/mol. The van der Waals surface area contributed by atoms with Crippen LogP contribution in [0.4, 0.5) is 0 Å². The Balaban J connectivity index is 1.41. The third-order valence-corrected chi connectivity index (χ3v) is 8.66. The maximum Gasteiger partial charge on any atom is 0.254 e. The van der Waals surface area contributed by atoms with Crippen molar-refractivity contribution < 1.29 is 9.59 Å². The van der Waals surface area contributed by atoms with Crippen LogP contribution in [0.5, 0.6) is 0 Å². The summed E-state index contributed by atoms with van der Waals surface area (Å²) in [5.41, 5.74) is 2.22. The molecule has 2 aromatic carbocycles. The highest BCUT2D eigenvalue weighted by atomic mass is 32.1. The number of likely N-dealkylation sites (tertiary alicyclic amines) is 1. The standard InChI is InChI=1S/C29H32N4O2S/c1-31(2)29(25-10-7-19-36-25)14-17-33(18-15-29)28(35)26(22-8-5-4-6-9-22)32(3)27(34)23-12-11-21-13-16-30-24(21)20-23/h4-13,16,19-20,26,30H,14-15,17-18H2,1-3H3. The zero-order chi connectivity index (χ0) is 25.3. The number of amides is 2. The van der Waals surface area contributed by atoms with Crippen LogP contribution in [0.3, 0.4) is 0 Å². The van der Waals surface area contributed by atoms with E-state index in [-0.39, 0.29) is 17.4 Å². The van der Waals surface area contributed by atoms with E-state index in [0.717, 1.165) is 29.3 Å². The van der Waals surface area contributed by atoms with Crippen molar-refractivity contribution in [2.45, 2.75) is 24.4 Å². The highest BCUT2D eigenvalue weighted by molar-refractivity contribution is 7.10. The molecule has 1 aliphatic heterocycles. The Morgan fingerprint density at radius 3 is 2.39 bits per heavy atom. The molecule has 2 amide bonds. The van der Waals surface area contributed by atoms with E-state index in [9.17, 15) is 9.59 Å². The predicted molar refractivity (Wildman–Crippen MR) is 145 cm³/mol. The molecule has 186 valence electrons. The lowest BCUT2D eigenvalue weighted by atomic mass is 9.84. The number of benzene rings is 2. The van der Waals surface area contributed by atoms with Crippen LogP contribution in [0.25, 0.3) is 10.9 Å². The Labute approximate surface area is 216 Å². The molecule has 0 aliphatic carbocycles. The SMILES string of the molecule is CN(C(=O)c1ccc2cc[nH]c2c1)C(C(=O)N1CCC(c2cccs2)(N(C)C)CC1)c1ccccc1. The number of thiophene rings is 1. The molecule has 1 saturated heterocycles. The summed E-state index contributed by atoms with van der Waals surface area (Å²) in [7, 11) is 5.98. The summed E-state index contributed by atoms with van der Waals surface area (Å²) in [6, 6.07) is 20.8. The van der Waals surface area contributed by atoms with E-state index < -0.39 is 6.04 Å². The molecular formula is C29H32N4O2S. The molecule has 1 atom stereocenters. The minimum Gasteiger partial charge on any atom is -0.361 e. The zero-order valence-electron chi connectivity index (χ0n) is 21.0. The molecule has 1 fully saturated rings. The summed E-state index contributed by atoms with van der Waals surface area (Å²) in [5, 5.41) is 3.17. The molecule has 0 radical (unpaired) electrons. The second kappa shape index (κ2) is 9.91. The molecule has 6 nitrogen and oxygen atoms in total. The molecule has 0 saturated carbocycles. The largest absolute Gasteiger partial charge is 0.361 e. The van der Waals surface area contributed by atoms with E-state index in [4.69, 9.17) is 0 Å². The maximum absolute atomic E-state index is 14.0. The Kier molecular flexibility index (Phi) is 6.69. The lowest BCUT2D eigenvalue weighted by molar-refractivity contribution is -0.138. The number of nitrogens with one attached hydrogen (secondary N) is 1. The fourth-order valence-electron chi connectivity index (χ4n) is 5.40. The molecule has 2 aromatic heterocycles. The van der Waals surface area contributed by atoms with Gasteiger partial charge in [0, 0.05) is 42.3 Å². The van der Waals surface area contributed by atoms with E-state index in [1.807, 2.05) is 65.7 Å². The van der Waals surface area contributed by atoms with E-state index in [1.54, 1.807) is 23.3 Å². The number of H-pyrrole nitrogens is 1. The van der Waals surface area contributed by atoms with Gasteiger partial charge in [-0.1, -0.05) is 42.5 Å². The number of rotatable bonds is 6. The van der Waals surface area contributed by atoms with Crippen molar-refractivity contribution in [2.24, 2.45) is 0 Å². The van der Waals surface area contributed by atoms with Crippen molar-refractivity contribution in [3.05, 3.63) is 94.3 Å². The third-order valence-electron chi connectivity index (χ3n) is 7.60. The zero-order valence-corrected chi connectivity index (χ0v) is 21.8. The van der Waals surface area contributed by atoms with Gasteiger partial charge in [0.1, 0.15) is 6.04 Å². The van der Waals surface area contributed by atoms with Gasteiger partial charge in [-0.2, -0.15) is 0 Å². The second-order valence-electron chi connectivity index (χ2n) is 9.74. The fourth-order valence-corrected chi connectivity index (χ4v) is 6.46. The molecule has 4 aromatic rings. The summed E-state index contributed by atoms with van der Waals surface area (Å²) in [5.74, 6) is -0.205. The molecule has 1 N–H and O–H groups in total.